The van der Waals surface area contributed by atoms with Crippen LogP contribution in [-0.2, 0) is 6.18 Å². The summed E-state index contributed by atoms with van der Waals surface area (Å²) in [4.78, 5) is 14.1. The van der Waals surface area contributed by atoms with Crippen molar-refractivity contribution < 1.29 is 27.5 Å². The number of alkyl halides is 3. The lowest BCUT2D eigenvalue weighted by Gasteiger charge is -2.09. The number of carboxylic acids is 1. The summed E-state index contributed by atoms with van der Waals surface area (Å²) in [6.45, 7) is 0. The van der Waals surface area contributed by atoms with Crippen LogP contribution in [0.3, 0.4) is 0 Å². The van der Waals surface area contributed by atoms with Gasteiger partial charge in [-0.15, -0.1) is 0 Å². The van der Waals surface area contributed by atoms with Crippen molar-refractivity contribution in [2.75, 3.05) is 0 Å². The van der Waals surface area contributed by atoms with E-state index >= 15 is 0 Å². The molecule has 0 saturated heterocycles. The van der Waals surface area contributed by atoms with E-state index in [1.54, 1.807) is 0 Å². The second kappa shape index (κ2) is 3.94. The molecule has 0 saturated carbocycles. The van der Waals surface area contributed by atoms with Gasteiger partial charge in [-0.25, -0.2) is 14.2 Å². The van der Waals surface area contributed by atoms with E-state index in [1.165, 1.54) is 0 Å². The molecule has 0 unspecified atom stereocenters. The maximum absolute atomic E-state index is 12.9. The Kier molecular flexibility index (Phi) is 2.68. The monoisotopic (exact) mass is 259 g/mol. The summed E-state index contributed by atoms with van der Waals surface area (Å²) in [5.41, 5.74) is -2.27. The highest BCUT2D eigenvalue weighted by atomic mass is 19.4. The molecule has 2 rings (SSSR count). The number of pyridine rings is 1. The van der Waals surface area contributed by atoms with E-state index < -0.39 is 29.2 Å². The molecule has 7 heteroatoms. The van der Waals surface area contributed by atoms with Gasteiger partial charge in [-0.2, -0.15) is 13.2 Å². The average Bonchev–Trinajstić information content (AvgIpc) is 2.25. The van der Waals surface area contributed by atoms with E-state index in [9.17, 15) is 22.4 Å². The van der Waals surface area contributed by atoms with Gasteiger partial charge in [0.1, 0.15) is 11.5 Å². The van der Waals surface area contributed by atoms with E-state index in [0.717, 1.165) is 18.2 Å². The number of benzene rings is 1. The molecule has 3 nitrogen and oxygen atoms in total. The number of hydrogen-bond donors (Lipinski definition) is 1. The van der Waals surface area contributed by atoms with Gasteiger partial charge >= 0.3 is 12.1 Å². The molecule has 0 aliphatic carbocycles. The Morgan fingerprint density at radius 3 is 2.44 bits per heavy atom. The van der Waals surface area contributed by atoms with Gasteiger partial charge in [0.15, 0.2) is 0 Å². The lowest BCUT2D eigenvalue weighted by atomic mass is 10.1. The third-order valence-corrected chi connectivity index (χ3v) is 2.29. The minimum atomic E-state index is -4.79. The fourth-order valence-electron chi connectivity index (χ4n) is 1.52. The van der Waals surface area contributed by atoms with E-state index in [2.05, 4.69) is 4.98 Å². The highest BCUT2D eigenvalue weighted by Crippen LogP contribution is 2.31. The van der Waals surface area contributed by atoms with Gasteiger partial charge in [0.25, 0.3) is 0 Å². The van der Waals surface area contributed by atoms with Crippen LogP contribution in [0, 0.1) is 5.82 Å². The molecule has 1 aromatic heterocycles. The number of halogens is 4. The third kappa shape index (κ3) is 2.11. The van der Waals surface area contributed by atoms with Crippen LogP contribution < -0.4 is 0 Å². The predicted molar refractivity (Wildman–Crippen MR) is 53.7 cm³/mol. The minimum Gasteiger partial charge on any atom is -0.478 e. The van der Waals surface area contributed by atoms with Crippen molar-refractivity contribution in [3.63, 3.8) is 0 Å². The Hall–Kier alpha value is -2.18. The van der Waals surface area contributed by atoms with Crippen LogP contribution in [0.1, 0.15) is 16.1 Å². The Balaban J connectivity index is 2.83. The molecular formula is C11H5F4NO2. The second-order valence-corrected chi connectivity index (χ2v) is 3.52. The number of hydrogen-bond acceptors (Lipinski definition) is 2. The van der Waals surface area contributed by atoms with E-state index in [1.807, 2.05) is 0 Å². The first kappa shape index (κ1) is 12.3. The second-order valence-electron chi connectivity index (χ2n) is 3.52. The summed E-state index contributed by atoms with van der Waals surface area (Å²) in [7, 11) is 0. The lowest BCUT2D eigenvalue weighted by Crippen LogP contribution is -2.11. The highest BCUT2D eigenvalue weighted by Gasteiger charge is 2.34. The molecule has 0 fully saturated rings. The highest BCUT2D eigenvalue weighted by molar-refractivity contribution is 6.02. The Morgan fingerprint density at radius 1 is 1.22 bits per heavy atom. The molecule has 94 valence electrons. The average molecular weight is 259 g/mol. The largest absolute Gasteiger partial charge is 0.478 e. The zero-order valence-electron chi connectivity index (χ0n) is 8.62. The summed E-state index contributed by atoms with van der Waals surface area (Å²) in [5, 5.41) is 8.81. The number of aromatic carboxylic acids is 1. The van der Waals surface area contributed by atoms with Crippen molar-refractivity contribution in [3.8, 4) is 0 Å². The van der Waals surface area contributed by atoms with Gasteiger partial charge in [0.2, 0.25) is 0 Å². The van der Waals surface area contributed by atoms with E-state index in [0.29, 0.717) is 6.07 Å². The van der Waals surface area contributed by atoms with Crippen LogP contribution in [0.5, 0.6) is 0 Å². The predicted octanol–water partition coefficient (Wildman–Crippen LogP) is 3.09. The first-order valence-electron chi connectivity index (χ1n) is 4.70. The van der Waals surface area contributed by atoms with Gasteiger partial charge in [-0.1, -0.05) is 0 Å². The van der Waals surface area contributed by atoms with Crippen LogP contribution in [-0.4, -0.2) is 16.1 Å². The molecule has 0 radical (unpaired) electrons. The summed E-state index contributed by atoms with van der Waals surface area (Å²) in [6, 6.07) is 3.24. The van der Waals surface area contributed by atoms with Crippen LogP contribution >= 0.6 is 0 Å². The zero-order chi connectivity index (χ0) is 13.5. The van der Waals surface area contributed by atoms with Gasteiger partial charge in [0.05, 0.1) is 11.1 Å². The SMILES string of the molecule is O=C(O)c1cc(C(F)(F)F)nc2cc(F)ccc12. The minimum absolute atomic E-state index is 0.0445. The molecule has 1 aromatic carbocycles. The van der Waals surface area contributed by atoms with Crippen molar-refractivity contribution >= 4 is 16.9 Å². The zero-order valence-corrected chi connectivity index (χ0v) is 8.62. The Morgan fingerprint density at radius 2 is 1.89 bits per heavy atom. The van der Waals surface area contributed by atoms with Crippen molar-refractivity contribution in [3.05, 3.63) is 41.3 Å². The fourth-order valence-corrected chi connectivity index (χ4v) is 1.52. The number of carboxylic acid groups (broad SMARTS) is 1. The Bertz CT molecular complexity index is 637. The maximum atomic E-state index is 12.9. The topological polar surface area (TPSA) is 50.2 Å². The number of rotatable bonds is 1. The molecule has 2 aromatic rings. The van der Waals surface area contributed by atoms with Gasteiger partial charge in [-0.3, -0.25) is 0 Å². The van der Waals surface area contributed by atoms with Crippen LogP contribution in [0.15, 0.2) is 24.3 Å². The van der Waals surface area contributed by atoms with Gasteiger partial charge in [0, 0.05) is 11.5 Å². The normalized spacial score (nSPS) is 11.8. The first-order valence-corrected chi connectivity index (χ1v) is 4.70. The fraction of sp³-hybridized carbons (Fsp3) is 0.0909. The molecule has 0 atom stereocenters. The molecule has 0 bridgehead atoms. The van der Waals surface area contributed by atoms with Crippen molar-refractivity contribution in [1.29, 1.82) is 0 Å². The summed E-state index contributed by atoms with van der Waals surface area (Å²) in [5.74, 6) is -2.31. The van der Waals surface area contributed by atoms with Gasteiger partial charge < -0.3 is 5.11 Å². The number of carbonyl (C=O) groups is 1. The standard InChI is InChI=1S/C11H5F4NO2/c12-5-1-2-6-7(10(17)18)4-9(11(13,14)15)16-8(6)3-5/h1-4H,(H,17,18). The molecular weight excluding hydrogens is 254 g/mol. The molecule has 0 aliphatic heterocycles. The summed E-state index contributed by atoms with van der Waals surface area (Å²) >= 11 is 0. The molecule has 0 aliphatic rings. The Labute approximate surface area is 97.7 Å². The molecule has 0 spiro atoms. The van der Waals surface area contributed by atoms with Crippen LogP contribution in [0.25, 0.3) is 10.9 Å². The van der Waals surface area contributed by atoms with Crippen LogP contribution in [0.4, 0.5) is 17.6 Å². The van der Waals surface area contributed by atoms with Crippen LogP contribution in [0.2, 0.25) is 0 Å². The van der Waals surface area contributed by atoms with E-state index in [4.69, 9.17) is 5.11 Å². The number of aromatic nitrogens is 1. The van der Waals surface area contributed by atoms with Crippen molar-refractivity contribution in [2.45, 2.75) is 6.18 Å². The van der Waals surface area contributed by atoms with Gasteiger partial charge in [-0.05, 0) is 18.2 Å². The number of nitrogens with zero attached hydrogens (tertiary/aromatic N) is 1. The number of fused-ring (bicyclic) bond motifs is 1. The quantitative estimate of drug-likeness (QED) is 0.800. The smallest absolute Gasteiger partial charge is 0.433 e. The molecule has 0 amide bonds. The van der Waals surface area contributed by atoms with Crippen molar-refractivity contribution in [2.24, 2.45) is 0 Å². The summed E-state index contributed by atoms with van der Waals surface area (Å²) in [6.07, 6.45) is -4.79. The third-order valence-electron chi connectivity index (χ3n) is 2.29. The lowest BCUT2D eigenvalue weighted by molar-refractivity contribution is -0.141. The van der Waals surface area contributed by atoms with E-state index in [-0.39, 0.29) is 10.9 Å². The molecule has 1 N–H and O–H groups in total. The maximum Gasteiger partial charge on any atom is 0.433 e. The first-order chi connectivity index (χ1) is 8.29. The summed E-state index contributed by atoms with van der Waals surface area (Å²) < 4.78 is 50.5. The van der Waals surface area contributed by atoms with Crippen molar-refractivity contribution in [1.82, 2.24) is 4.98 Å². The molecule has 18 heavy (non-hydrogen) atoms. The molecule has 1 heterocycles.